The van der Waals surface area contributed by atoms with Crippen molar-refractivity contribution in [2.45, 2.75) is 0 Å². The van der Waals surface area contributed by atoms with Gasteiger partial charge in [0, 0.05) is 21.7 Å². The Bertz CT molecular complexity index is 2300. The van der Waals surface area contributed by atoms with Crippen LogP contribution in [0.1, 0.15) is 0 Å². The Morgan fingerprint density at radius 3 is 1.88 bits per heavy atom. The second kappa shape index (κ2) is 8.08. The van der Waals surface area contributed by atoms with Gasteiger partial charge in [-0.1, -0.05) is 97.1 Å². The molecule has 186 valence electrons. The Kier molecular flexibility index (Phi) is 4.36. The Hall–Kier alpha value is -5.34. The fraction of sp³-hybridized carbons (Fsp3) is 0. The van der Waals surface area contributed by atoms with Crippen LogP contribution >= 0.6 is 0 Å². The first-order valence-electron chi connectivity index (χ1n) is 13.6. The molecule has 0 aliphatic carbocycles. The molecule has 0 atom stereocenters. The van der Waals surface area contributed by atoms with Crippen molar-refractivity contribution < 1.29 is 9.15 Å². The zero-order valence-electron chi connectivity index (χ0n) is 21.5. The lowest BCUT2D eigenvalue weighted by molar-refractivity contribution is 0.487. The van der Waals surface area contributed by atoms with Crippen LogP contribution in [0.15, 0.2) is 138 Å². The molecule has 0 spiro atoms. The van der Waals surface area contributed by atoms with Gasteiger partial charge in [-0.15, -0.1) is 0 Å². The van der Waals surface area contributed by atoms with Crippen molar-refractivity contribution in [3.8, 4) is 44.9 Å². The van der Waals surface area contributed by atoms with E-state index in [9.17, 15) is 0 Å². The van der Waals surface area contributed by atoms with Crippen LogP contribution in [0, 0.1) is 0 Å². The molecular formula is C38H22O2. The van der Waals surface area contributed by atoms with Gasteiger partial charge in [0.1, 0.15) is 22.7 Å². The minimum Gasteiger partial charge on any atom is -0.456 e. The van der Waals surface area contributed by atoms with Crippen LogP contribution in [0.5, 0.6) is 11.5 Å². The summed E-state index contributed by atoms with van der Waals surface area (Å²) in [4.78, 5) is 0. The van der Waals surface area contributed by atoms with Crippen LogP contribution in [0.2, 0.25) is 0 Å². The number of furan rings is 1. The minimum atomic E-state index is 0.898. The van der Waals surface area contributed by atoms with E-state index in [-0.39, 0.29) is 0 Å². The zero-order valence-corrected chi connectivity index (χ0v) is 21.5. The molecule has 2 heterocycles. The fourth-order valence-electron chi connectivity index (χ4n) is 6.43. The molecule has 2 heteroatoms. The van der Waals surface area contributed by atoms with Gasteiger partial charge in [0.15, 0.2) is 0 Å². The Morgan fingerprint density at radius 1 is 0.375 bits per heavy atom. The van der Waals surface area contributed by atoms with E-state index in [2.05, 4.69) is 121 Å². The molecule has 0 unspecified atom stereocenters. The van der Waals surface area contributed by atoms with Gasteiger partial charge < -0.3 is 9.15 Å². The van der Waals surface area contributed by atoms with Crippen molar-refractivity contribution in [2.75, 3.05) is 0 Å². The summed E-state index contributed by atoms with van der Waals surface area (Å²) in [6.07, 6.45) is 0. The molecule has 7 aromatic carbocycles. The van der Waals surface area contributed by atoms with Crippen LogP contribution in [0.3, 0.4) is 0 Å². The van der Waals surface area contributed by atoms with Crippen LogP contribution < -0.4 is 4.74 Å². The van der Waals surface area contributed by atoms with Crippen molar-refractivity contribution in [2.24, 2.45) is 0 Å². The van der Waals surface area contributed by atoms with Crippen molar-refractivity contribution in [1.29, 1.82) is 0 Å². The number of benzene rings is 7. The number of rotatable bonds is 2. The smallest absolute Gasteiger partial charge is 0.136 e. The van der Waals surface area contributed by atoms with Gasteiger partial charge in [0.2, 0.25) is 0 Å². The Morgan fingerprint density at radius 2 is 1.05 bits per heavy atom. The van der Waals surface area contributed by atoms with E-state index in [0.717, 1.165) is 44.6 Å². The van der Waals surface area contributed by atoms with Gasteiger partial charge in [-0.2, -0.15) is 0 Å². The second-order valence-corrected chi connectivity index (χ2v) is 10.5. The van der Waals surface area contributed by atoms with Crippen molar-refractivity contribution in [1.82, 2.24) is 0 Å². The third kappa shape index (κ3) is 3.05. The first kappa shape index (κ1) is 21.6. The van der Waals surface area contributed by atoms with Gasteiger partial charge in [-0.05, 0) is 80.4 Å². The first-order valence-corrected chi connectivity index (χ1v) is 13.6. The average Bonchev–Trinajstić information content (AvgIpc) is 3.39. The van der Waals surface area contributed by atoms with E-state index in [1.54, 1.807) is 0 Å². The highest BCUT2D eigenvalue weighted by atomic mass is 16.5. The molecule has 40 heavy (non-hydrogen) atoms. The van der Waals surface area contributed by atoms with E-state index < -0.39 is 0 Å². The highest BCUT2D eigenvalue weighted by Crippen LogP contribution is 2.48. The molecule has 1 aliphatic rings. The molecule has 9 rings (SSSR count). The number of hydrogen-bond acceptors (Lipinski definition) is 2. The van der Waals surface area contributed by atoms with E-state index in [0.29, 0.717) is 0 Å². The molecule has 0 saturated carbocycles. The average molecular weight is 511 g/mol. The molecule has 0 N–H and O–H groups in total. The van der Waals surface area contributed by atoms with E-state index in [4.69, 9.17) is 9.15 Å². The van der Waals surface area contributed by atoms with E-state index in [1.807, 2.05) is 12.1 Å². The monoisotopic (exact) mass is 510 g/mol. The first-order chi connectivity index (χ1) is 19.8. The predicted molar refractivity (Wildman–Crippen MR) is 165 cm³/mol. The number of ether oxygens (including phenoxy) is 1. The third-order valence-electron chi connectivity index (χ3n) is 8.28. The Labute approximate surface area is 230 Å². The van der Waals surface area contributed by atoms with Gasteiger partial charge in [0.05, 0.1) is 0 Å². The molecule has 0 amide bonds. The predicted octanol–water partition coefficient (Wildman–Crippen LogP) is 11.0. The number of hydrogen-bond donors (Lipinski definition) is 0. The van der Waals surface area contributed by atoms with Crippen LogP contribution in [-0.2, 0) is 0 Å². The van der Waals surface area contributed by atoms with Gasteiger partial charge in [-0.3, -0.25) is 0 Å². The molecule has 2 nitrogen and oxygen atoms in total. The lowest BCUT2D eigenvalue weighted by Gasteiger charge is -2.22. The highest BCUT2D eigenvalue weighted by molar-refractivity contribution is 6.10. The molecule has 8 aromatic rings. The van der Waals surface area contributed by atoms with Gasteiger partial charge >= 0.3 is 0 Å². The summed E-state index contributed by atoms with van der Waals surface area (Å²) in [5.74, 6) is 1.82. The van der Waals surface area contributed by atoms with Crippen molar-refractivity contribution in [3.05, 3.63) is 133 Å². The van der Waals surface area contributed by atoms with Crippen LogP contribution in [0.4, 0.5) is 0 Å². The third-order valence-corrected chi connectivity index (χ3v) is 8.28. The van der Waals surface area contributed by atoms with E-state index >= 15 is 0 Å². The number of para-hydroxylation sites is 1. The summed E-state index contributed by atoms with van der Waals surface area (Å²) < 4.78 is 12.6. The van der Waals surface area contributed by atoms with Crippen LogP contribution in [0.25, 0.3) is 76.9 Å². The van der Waals surface area contributed by atoms with Gasteiger partial charge in [0.25, 0.3) is 0 Å². The van der Waals surface area contributed by atoms with Crippen LogP contribution in [-0.4, -0.2) is 0 Å². The largest absolute Gasteiger partial charge is 0.456 e. The maximum atomic E-state index is 6.35. The van der Waals surface area contributed by atoms with Crippen molar-refractivity contribution in [3.63, 3.8) is 0 Å². The zero-order chi connectivity index (χ0) is 26.2. The summed E-state index contributed by atoms with van der Waals surface area (Å²) in [5.41, 5.74) is 8.91. The maximum Gasteiger partial charge on any atom is 0.136 e. The second-order valence-electron chi connectivity index (χ2n) is 10.5. The molecule has 0 radical (unpaired) electrons. The summed E-state index contributed by atoms with van der Waals surface area (Å²) in [6, 6.07) is 47.3. The Balaban J connectivity index is 1.22. The normalized spacial score (nSPS) is 12.2. The maximum absolute atomic E-state index is 6.35. The van der Waals surface area contributed by atoms with Gasteiger partial charge in [-0.25, -0.2) is 0 Å². The molecule has 0 saturated heterocycles. The standard InChI is InChI=1S/C38H22O2/c1-2-10-29-27(25-15-17-31-30-11-3-4-13-34(30)40-37(31)22-25)19-18-26(28(29)9-1)24-16-20-35-33(21-24)32-12-5-7-23-8-6-14-36(39-35)38(23)32/h1-22H. The summed E-state index contributed by atoms with van der Waals surface area (Å²) in [5, 5.41) is 7.11. The molecule has 0 bridgehead atoms. The minimum absolute atomic E-state index is 0.898. The quantitative estimate of drug-likeness (QED) is 0.231. The summed E-state index contributed by atoms with van der Waals surface area (Å²) in [6.45, 7) is 0. The fourth-order valence-corrected chi connectivity index (χ4v) is 6.43. The summed E-state index contributed by atoms with van der Waals surface area (Å²) in [7, 11) is 0. The number of fused-ring (bicyclic) bond motifs is 6. The molecular weight excluding hydrogens is 488 g/mol. The topological polar surface area (TPSA) is 22.4 Å². The summed E-state index contributed by atoms with van der Waals surface area (Å²) >= 11 is 0. The lowest BCUT2D eigenvalue weighted by Crippen LogP contribution is -1.97. The lowest BCUT2D eigenvalue weighted by atomic mass is 9.89. The SMILES string of the molecule is c1cc2c3c(cccc3c1)-c1cc(-c3ccc(-c4ccc5c(c4)oc4ccccc45)c4ccccc34)ccc1O2. The van der Waals surface area contributed by atoms with E-state index in [1.165, 1.54) is 43.8 Å². The highest BCUT2D eigenvalue weighted by Gasteiger charge is 2.21. The molecule has 1 aliphatic heterocycles. The molecule has 0 fully saturated rings. The molecule has 1 aromatic heterocycles. The van der Waals surface area contributed by atoms with Crippen molar-refractivity contribution >= 4 is 43.5 Å².